The first-order valence-electron chi connectivity index (χ1n) is 9.81. The number of fused-ring (bicyclic) bond motifs is 1. The van der Waals surface area contributed by atoms with Crippen LogP contribution < -0.4 is 5.32 Å². The zero-order valence-corrected chi connectivity index (χ0v) is 16.2. The van der Waals surface area contributed by atoms with Crippen molar-refractivity contribution in [2.75, 3.05) is 25.4 Å². The van der Waals surface area contributed by atoms with Gasteiger partial charge in [-0.25, -0.2) is 13.2 Å². The summed E-state index contributed by atoms with van der Waals surface area (Å²) < 4.78 is 25.8. The van der Waals surface area contributed by atoms with Crippen LogP contribution in [0.25, 0.3) is 0 Å². The molecule has 2 amide bonds. The molecule has 3 aliphatic rings. The number of hydrogen-bond donors (Lipinski definition) is 2. The number of phenolic OH excluding ortho intramolecular Hbond substituents is 1. The van der Waals surface area contributed by atoms with Crippen LogP contribution in [0.15, 0.2) is 18.2 Å². The van der Waals surface area contributed by atoms with Gasteiger partial charge in [0.25, 0.3) is 0 Å². The Morgan fingerprint density at radius 2 is 1.89 bits per heavy atom. The second-order valence-electron chi connectivity index (χ2n) is 7.74. The van der Waals surface area contributed by atoms with Crippen molar-refractivity contribution in [3.05, 3.63) is 29.3 Å². The van der Waals surface area contributed by atoms with E-state index in [2.05, 4.69) is 5.32 Å². The average Bonchev–Trinajstić information content (AvgIpc) is 3.02. The monoisotopic (exact) mass is 393 g/mol. The fourth-order valence-electron chi connectivity index (χ4n) is 4.65. The van der Waals surface area contributed by atoms with Crippen LogP contribution in [-0.2, 0) is 16.4 Å². The van der Waals surface area contributed by atoms with Gasteiger partial charge in [0.05, 0.1) is 11.8 Å². The number of amides is 2. The summed E-state index contributed by atoms with van der Waals surface area (Å²) in [5.41, 5.74) is 1.94. The van der Waals surface area contributed by atoms with E-state index in [0.29, 0.717) is 44.6 Å². The van der Waals surface area contributed by atoms with Crippen molar-refractivity contribution in [3.8, 4) is 5.75 Å². The van der Waals surface area contributed by atoms with E-state index in [4.69, 9.17) is 0 Å². The standard InChI is InChI=1S/C19H27N3O4S/c23-18-7-2-4-15-16(18)5-1-6-17(15)20-19(24)21-11-8-14(9-12-21)22-10-3-13-27(22,25)26/h2,4,7,14,17,23H,1,3,5-6,8-13H2,(H,20,24). The number of carbonyl (C=O) groups excluding carboxylic acids is 1. The number of sulfonamides is 1. The van der Waals surface area contributed by atoms with Gasteiger partial charge in [-0.3, -0.25) is 0 Å². The molecule has 2 heterocycles. The summed E-state index contributed by atoms with van der Waals surface area (Å²) >= 11 is 0. The summed E-state index contributed by atoms with van der Waals surface area (Å²) in [5.74, 6) is 0.556. The first-order valence-corrected chi connectivity index (χ1v) is 11.4. The Bertz CT molecular complexity index is 818. The zero-order valence-electron chi connectivity index (χ0n) is 15.4. The number of aromatic hydroxyl groups is 1. The van der Waals surface area contributed by atoms with Gasteiger partial charge >= 0.3 is 6.03 Å². The highest BCUT2D eigenvalue weighted by atomic mass is 32.2. The maximum atomic E-state index is 12.7. The number of urea groups is 1. The second-order valence-corrected chi connectivity index (χ2v) is 9.78. The first-order chi connectivity index (χ1) is 13.0. The lowest BCUT2D eigenvalue weighted by Crippen LogP contribution is -2.50. The van der Waals surface area contributed by atoms with E-state index < -0.39 is 10.0 Å². The van der Waals surface area contributed by atoms with Crippen molar-refractivity contribution in [1.82, 2.24) is 14.5 Å². The van der Waals surface area contributed by atoms with Crippen LogP contribution in [0.1, 0.15) is 49.3 Å². The van der Waals surface area contributed by atoms with Crippen molar-refractivity contribution < 1.29 is 18.3 Å². The largest absolute Gasteiger partial charge is 0.508 e. The molecule has 0 radical (unpaired) electrons. The van der Waals surface area contributed by atoms with Gasteiger partial charge in [0.15, 0.2) is 0 Å². The Balaban J connectivity index is 1.36. The molecule has 2 N–H and O–H groups in total. The molecule has 1 aromatic rings. The number of nitrogens with zero attached hydrogens (tertiary/aromatic N) is 2. The van der Waals surface area contributed by atoms with Crippen molar-refractivity contribution in [3.63, 3.8) is 0 Å². The van der Waals surface area contributed by atoms with Crippen LogP contribution in [0, 0.1) is 0 Å². The van der Waals surface area contributed by atoms with Crippen molar-refractivity contribution in [2.45, 2.75) is 50.6 Å². The molecule has 4 rings (SSSR count). The number of carbonyl (C=O) groups is 1. The number of phenols is 1. The van der Waals surface area contributed by atoms with Crippen LogP contribution in [0.2, 0.25) is 0 Å². The molecular weight excluding hydrogens is 366 g/mol. The Labute approximate surface area is 160 Å². The lowest BCUT2D eigenvalue weighted by atomic mass is 9.87. The van der Waals surface area contributed by atoms with Crippen molar-refractivity contribution in [1.29, 1.82) is 0 Å². The van der Waals surface area contributed by atoms with E-state index in [1.165, 1.54) is 0 Å². The smallest absolute Gasteiger partial charge is 0.317 e. The van der Waals surface area contributed by atoms with Gasteiger partial charge in [-0.2, -0.15) is 4.31 Å². The molecule has 2 fully saturated rings. The van der Waals surface area contributed by atoms with Crippen LogP contribution in [0.5, 0.6) is 5.75 Å². The van der Waals surface area contributed by atoms with Gasteiger partial charge in [-0.15, -0.1) is 0 Å². The molecule has 27 heavy (non-hydrogen) atoms. The molecule has 148 valence electrons. The highest BCUT2D eigenvalue weighted by Crippen LogP contribution is 2.35. The molecule has 0 aromatic heterocycles. The van der Waals surface area contributed by atoms with Gasteiger partial charge in [0, 0.05) is 25.7 Å². The minimum atomic E-state index is -3.09. The quantitative estimate of drug-likeness (QED) is 0.804. The predicted molar refractivity (Wildman–Crippen MR) is 102 cm³/mol. The summed E-state index contributed by atoms with van der Waals surface area (Å²) in [5, 5.41) is 13.2. The zero-order chi connectivity index (χ0) is 19.0. The van der Waals surface area contributed by atoms with E-state index >= 15 is 0 Å². The maximum absolute atomic E-state index is 12.7. The SMILES string of the molecule is O=C(NC1CCCc2c(O)cccc21)N1CCC(N2CCCS2(=O)=O)CC1. The molecule has 1 unspecified atom stereocenters. The number of rotatable bonds is 2. The molecule has 0 bridgehead atoms. The maximum Gasteiger partial charge on any atom is 0.317 e. The number of nitrogens with one attached hydrogen (secondary N) is 1. The molecule has 2 aliphatic heterocycles. The fraction of sp³-hybridized carbons (Fsp3) is 0.632. The van der Waals surface area contributed by atoms with E-state index in [0.717, 1.165) is 30.4 Å². The summed E-state index contributed by atoms with van der Waals surface area (Å²) in [6.45, 7) is 1.76. The number of benzene rings is 1. The van der Waals surface area contributed by atoms with Crippen LogP contribution in [0.4, 0.5) is 4.79 Å². The molecule has 0 spiro atoms. The minimum absolute atomic E-state index is 0.0221. The number of hydrogen-bond acceptors (Lipinski definition) is 4. The Kier molecular flexibility index (Phi) is 5.03. The van der Waals surface area contributed by atoms with Gasteiger partial charge in [0.1, 0.15) is 5.75 Å². The molecule has 8 heteroatoms. The van der Waals surface area contributed by atoms with Gasteiger partial charge in [-0.1, -0.05) is 12.1 Å². The third-order valence-electron chi connectivity index (χ3n) is 6.08. The van der Waals surface area contributed by atoms with Crippen molar-refractivity contribution >= 4 is 16.1 Å². The average molecular weight is 394 g/mol. The third kappa shape index (κ3) is 3.65. The summed E-state index contributed by atoms with van der Waals surface area (Å²) in [6, 6.07) is 5.34. The normalized spacial score (nSPS) is 25.9. The second kappa shape index (κ2) is 7.31. The highest BCUT2D eigenvalue weighted by Gasteiger charge is 2.37. The van der Waals surface area contributed by atoms with E-state index in [9.17, 15) is 18.3 Å². The molecule has 2 saturated heterocycles. The minimum Gasteiger partial charge on any atom is -0.508 e. The molecule has 7 nitrogen and oxygen atoms in total. The number of likely N-dealkylation sites (tertiary alicyclic amines) is 1. The molecular formula is C19H27N3O4S. The van der Waals surface area contributed by atoms with Gasteiger partial charge < -0.3 is 15.3 Å². The predicted octanol–water partition coefficient (Wildman–Crippen LogP) is 1.98. The lowest BCUT2D eigenvalue weighted by molar-refractivity contribution is 0.156. The van der Waals surface area contributed by atoms with E-state index in [-0.39, 0.29) is 23.9 Å². The summed E-state index contributed by atoms with van der Waals surface area (Å²) in [7, 11) is -3.09. The van der Waals surface area contributed by atoms with Gasteiger partial charge in [-0.05, 0) is 55.7 Å². The van der Waals surface area contributed by atoms with Crippen LogP contribution in [0.3, 0.4) is 0 Å². The Morgan fingerprint density at radius 1 is 1.11 bits per heavy atom. The van der Waals surface area contributed by atoms with Crippen LogP contribution >= 0.6 is 0 Å². The lowest BCUT2D eigenvalue weighted by Gasteiger charge is -2.37. The molecule has 1 aromatic carbocycles. The molecule has 1 aliphatic carbocycles. The Morgan fingerprint density at radius 3 is 2.59 bits per heavy atom. The number of piperidine rings is 1. The highest BCUT2D eigenvalue weighted by molar-refractivity contribution is 7.89. The third-order valence-corrected chi connectivity index (χ3v) is 8.08. The van der Waals surface area contributed by atoms with Crippen LogP contribution in [-0.4, -0.2) is 60.2 Å². The molecule has 0 saturated carbocycles. The molecule has 1 atom stereocenters. The van der Waals surface area contributed by atoms with E-state index in [1.54, 1.807) is 15.3 Å². The van der Waals surface area contributed by atoms with E-state index in [1.807, 2.05) is 12.1 Å². The summed E-state index contributed by atoms with van der Waals surface area (Å²) in [6.07, 6.45) is 4.72. The summed E-state index contributed by atoms with van der Waals surface area (Å²) in [4.78, 5) is 14.5. The Hall–Kier alpha value is -1.80. The van der Waals surface area contributed by atoms with Gasteiger partial charge in [0.2, 0.25) is 10.0 Å². The topological polar surface area (TPSA) is 89.9 Å². The fourth-order valence-corrected chi connectivity index (χ4v) is 6.45. The van der Waals surface area contributed by atoms with Crippen molar-refractivity contribution in [2.24, 2.45) is 0 Å². The first kappa shape index (κ1) is 18.6.